The average molecular weight is 831 g/mol. The van der Waals surface area contributed by atoms with E-state index < -0.39 is 84.1 Å². The van der Waals surface area contributed by atoms with Crippen LogP contribution in [-0.2, 0) is 52.8 Å². The van der Waals surface area contributed by atoms with Gasteiger partial charge in [0.1, 0.15) is 41.7 Å². The largest absolute Gasteiger partial charge is 0.508 e. The Morgan fingerprint density at radius 3 is 1.75 bits per heavy atom. The molecular weight excluding hydrogens is 777 g/mol. The Hall–Kier alpha value is -6.49. The average Bonchev–Trinajstić information content (AvgIpc) is 3.70. The van der Waals surface area contributed by atoms with Crippen LogP contribution in [0.25, 0.3) is 0 Å². The maximum atomic E-state index is 14.5. The van der Waals surface area contributed by atoms with Crippen molar-refractivity contribution in [3.63, 3.8) is 0 Å². The van der Waals surface area contributed by atoms with Gasteiger partial charge in [0.15, 0.2) is 0 Å². The quantitative estimate of drug-likeness (QED) is 0.0737. The molecule has 0 aromatic heterocycles. The topological polar surface area (TPSA) is 278 Å². The molecule has 60 heavy (non-hydrogen) atoms. The molecule has 1 heterocycles. The molecule has 1 fully saturated rings. The number of rotatable bonds is 21. The number of nitrogens with one attached hydrogen (secondary N) is 4. The van der Waals surface area contributed by atoms with Crippen molar-refractivity contribution in [2.45, 2.75) is 101 Å². The molecule has 0 aliphatic carbocycles. The summed E-state index contributed by atoms with van der Waals surface area (Å²) in [6.07, 6.45) is -0.203. The number of carbonyl (C=O) groups is 7. The molecule has 1 aliphatic rings. The highest BCUT2D eigenvalue weighted by Gasteiger charge is 2.40. The first kappa shape index (κ1) is 46.2. The molecule has 3 aromatic carbocycles. The number of carbonyl (C=O) groups excluding carboxylic acids is 5. The zero-order valence-electron chi connectivity index (χ0n) is 33.6. The van der Waals surface area contributed by atoms with Gasteiger partial charge in [0, 0.05) is 25.8 Å². The van der Waals surface area contributed by atoms with Crippen molar-refractivity contribution in [3.8, 4) is 11.5 Å². The number of nitrogens with two attached hydrogens (primary N) is 1. The van der Waals surface area contributed by atoms with E-state index in [2.05, 4.69) is 21.3 Å². The molecule has 0 unspecified atom stereocenters. The van der Waals surface area contributed by atoms with Gasteiger partial charge in [-0.05, 0) is 79.0 Å². The number of aromatic hydroxyl groups is 2. The lowest BCUT2D eigenvalue weighted by Crippen LogP contribution is -2.59. The van der Waals surface area contributed by atoms with Crippen LogP contribution in [0.5, 0.6) is 11.5 Å². The number of carboxylic acid groups (broad SMARTS) is 2. The molecule has 10 N–H and O–H groups in total. The zero-order chi connectivity index (χ0) is 43.9. The number of phenolic OH excluding ortho intramolecular Hbond substituents is 2. The summed E-state index contributed by atoms with van der Waals surface area (Å²) in [6.45, 7) is 3.63. The Morgan fingerprint density at radius 2 is 1.18 bits per heavy atom. The van der Waals surface area contributed by atoms with Crippen LogP contribution in [-0.4, -0.2) is 110 Å². The number of amides is 5. The van der Waals surface area contributed by atoms with Crippen LogP contribution in [0.3, 0.4) is 0 Å². The first-order valence-electron chi connectivity index (χ1n) is 19.8. The number of hydrogen-bond acceptors (Lipinski definition) is 10. The SMILES string of the molecule is CC(C)C[C@H](NC(=O)[C@H](CCC(=O)O)NC(=O)[C@@H]1CCCN1C(=O)[C@H](Cc1ccc(O)cc1)NC(=O)[C@H](Cc1ccccc1)NC(=O)[C@@H](N)Cc1ccc(O)cc1)C(=O)O. The van der Waals surface area contributed by atoms with Gasteiger partial charge in [0.2, 0.25) is 29.5 Å². The maximum absolute atomic E-state index is 14.5. The van der Waals surface area contributed by atoms with Crippen molar-refractivity contribution in [2.75, 3.05) is 6.54 Å². The third-order valence-electron chi connectivity index (χ3n) is 10.1. The molecule has 0 saturated carbocycles. The number of hydrogen-bond donors (Lipinski definition) is 9. The smallest absolute Gasteiger partial charge is 0.326 e. The summed E-state index contributed by atoms with van der Waals surface area (Å²) in [5, 5.41) is 49.0. The number of carboxylic acids is 2. The molecule has 5 amide bonds. The monoisotopic (exact) mass is 830 g/mol. The predicted molar refractivity (Wildman–Crippen MR) is 218 cm³/mol. The van der Waals surface area contributed by atoms with Crippen LogP contribution in [0, 0.1) is 5.92 Å². The molecule has 6 atom stereocenters. The van der Waals surface area contributed by atoms with Crippen LogP contribution in [0.4, 0.5) is 0 Å². The fourth-order valence-electron chi connectivity index (χ4n) is 6.93. The second-order valence-corrected chi connectivity index (χ2v) is 15.4. The molecule has 0 radical (unpaired) electrons. The molecular formula is C43H54N6O11. The van der Waals surface area contributed by atoms with Crippen LogP contribution < -0.4 is 27.0 Å². The summed E-state index contributed by atoms with van der Waals surface area (Å²) in [5.74, 6) is -6.31. The number of phenols is 2. The highest BCUT2D eigenvalue weighted by Crippen LogP contribution is 2.22. The van der Waals surface area contributed by atoms with Crippen LogP contribution in [0.2, 0.25) is 0 Å². The Morgan fingerprint density at radius 1 is 0.667 bits per heavy atom. The van der Waals surface area contributed by atoms with Gasteiger partial charge in [0.05, 0.1) is 6.04 Å². The first-order valence-corrected chi connectivity index (χ1v) is 19.8. The standard InChI is InChI=1S/C43H54N6O11/c1-25(2)21-35(43(59)60)48-39(55)32(18-19-37(52)53)45-41(57)36-9-6-20-49(36)42(58)34(24-28-12-16-30(51)17-13-28)47-40(56)33(23-26-7-4-3-5-8-26)46-38(54)31(44)22-27-10-14-29(50)15-11-27/h3-5,7-8,10-17,25,31-36,50-51H,6,9,18-24,44H2,1-2H3,(H,45,57)(H,46,54)(H,47,56)(H,48,55)(H,52,53)(H,59,60)/t31-,32-,33-,34-,35-,36-/m0/s1. The Labute approximate surface area is 347 Å². The molecule has 17 nitrogen and oxygen atoms in total. The lowest BCUT2D eigenvalue weighted by Gasteiger charge is -2.31. The maximum Gasteiger partial charge on any atom is 0.326 e. The van der Waals surface area contributed by atoms with Gasteiger partial charge in [-0.15, -0.1) is 0 Å². The van der Waals surface area contributed by atoms with Crippen molar-refractivity contribution < 1.29 is 54.0 Å². The van der Waals surface area contributed by atoms with Crippen LogP contribution in [0.15, 0.2) is 78.9 Å². The minimum Gasteiger partial charge on any atom is -0.508 e. The molecule has 1 saturated heterocycles. The summed E-state index contributed by atoms with van der Waals surface area (Å²) >= 11 is 0. The predicted octanol–water partition coefficient (Wildman–Crippen LogP) is 1.38. The van der Waals surface area contributed by atoms with E-state index in [1.807, 2.05) is 0 Å². The number of benzene rings is 3. The second kappa shape index (κ2) is 22.0. The van der Waals surface area contributed by atoms with E-state index in [1.165, 1.54) is 29.2 Å². The van der Waals surface area contributed by atoms with Gasteiger partial charge < -0.3 is 52.3 Å². The lowest BCUT2D eigenvalue weighted by molar-refractivity contribution is -0.144. The Kier molecular flexibility index (Phi) is 17.0. The first-order chi connectivity index (χ1) is 28.5. The van der Waals surface area contributed by atoms with E-state index in [0.29, 0.717) is 23.1 Å². The summed E-state index contributed by atoms with van der Waals surface area (Å²) in [6, 6.07) is 13.5. The van der Waals surface area contributed by atoms with Gasteiger partial charge in [-0.1, -0.05) is 68.4 Å². The van der Waals surface area contributed by atoms with Crippen molar-refractivity contribution >= 4 is 41.5 Å². The summed E-state index contributed by atoms with van der Waals surface area (Å²) in [7, 11) is 0. The summed E-state index contributed by atoms with van der Waals surface area (Å²) < 4.78 is 0. The summed E-state index contributed by atoms with van der Waals surface area (Å²) in [4.78, 5) is 94.0. The minimum absolute atomic E-state index is 0.0267. The van der Waals surface area contributed by atoms with E-state index >= 15 is 0 Å². The molecule has 4 rings (SSSR count). The van der Waals surface area contributed by atoms with E-state index in [9.17, 15) is 54.0 Å². The fraction of sp³-hybridized carbons (Fsp3) is 0.419. The molecule has 17 heteroatoms. The van der Waals surface area contributed by atoms with Crippen molar-refractivity contribution in [2.24, 2.45) is 11.7 Å². The Bertz CT molecular complexity index is 1960. The zero-order valence-corrected chi connectivity index (χ0v) is 33.6. The fourth-order valence-corrected chi connectivity index (χ4v) is 6.93. The third kappa shape index (κ3) is 14.1. The lowest BCUT2D eigenvalue weighted by atomic mass is 10.0. The van der Waals surface area contributed by atoms with Crippen LogP contribution in [0.1, 0.15) is 62.6 Å². The highest BCUT2D eigenvalue weighted by molar-refractivity contribution is 5.97. The molecule has 3 aromatic rings. The van der Waals surface area contributed by atoms with Gasteiger partial charge in [0.25, 0.3) is 0 Å². The van der Waals surface area contributed by atoms with Crippen molar-refractivity contribution in [3.05, 3.63) is 95.6 Å². The van der Waals surface area contributed by atoms with Crippen LogP contribution >= 0.6 is 0 Å². The minimum atomic E-state index is -1.43. The number of aliphatic carboxylic acids is 2. The van der Waals surface area contributed by atoms with Gasteiger partial charge >= 0.3 is 11.9 Å². The van der Waals surface area contributed by atoms with Gasteiger partial charge in [-0.3, -0.25) is 28.8 Å². The van der Waals surface area contributed by atoms with Crippen molar-refractivity contribution in [1.29, 1.82) is 0 Å². The summed E-state index contributed by atoms with van der Waals surface area (Å²) in [5.41, 5.74) is 8.17. The normalized spacial score (nSPS) is 16.1. The Balaban J connectivity index is 1.58. The highest BCUT2D eigenvalue weighted by atomic mass is 16.4. The van der Waals surface area contributed by atoms with E-state index in [-0.39, 0.29) is 62.5 Å². The second-order valence-electron chi connectivity index (χ2n) is 15.4. The van der Waals surface area contributed by atoms with Crippen molar-refractivity contribution in [1.82, 2.24) is 26.2 Å². The number of nitrogens with zero attached hydrogens (tertiary/aromatic N) is 1. The molecule has 1 aliphatic heterocycles. The molecule has 0 spiro atoms. The third-order valence-corrected chi connectivity index (χ3v) is 10.1. The van der Waals surface area contributed by atoms with E-state index in [0.717, 1.165) is 0 Å². The van der Waals surface area contributed by atoms with E-state index in [1.54, 1.807) is 68.4 Å². The molecule has 0 bridgehead atoms. The molecule has 322 valence electrons. The van der Waals surface area contributed by atoms with Gasteiger partial charge in [-0.2, -0.15) is 0 Å². The van der Waals surface area contributed by atoms with Gasteiger partial charge in [-0.25, -0.2) is 4.79 Å². The van der Waals surface area contributed by atoms with E-state index in [4.69, 9.17) is 5.73 Å². The number of likely N-dealkylation sites (tertiary alicyclic amines) is 1.